The number of amides is 1. The van der Waals surface area contributed by atoms with Crippen LogP contribution in [0.4, 0.5) is 11.4 Å². The fourth-order valence-corrected chi connectivity index (χ4v) is 1.46. The summed E-state index contributed by atoms with van der Waals surface area (Å²) in [6.07, 6.45) is 2.02. The number of nitrogens with one attached hydrogen (secondary N) is 1. The normalized spacial score (nSPS) is 15.2. The summed E-state index contributed by atoms with van der Waals surface area (Å²) in [5.74, 6) is 0.326. The van der Waals surface area contributed by atoms with Gasteiger partial charge in [0.2, 0.25) is 5.91 Å². The molecule has 1 amide bonds. The molecule has 0 aliphatic heterocycles. The Bertz CT molecular complexity index is 374. The van der Waals surface area contributed by atoms with Crippen molar-refractivity contribution in [2.45, 2.75) is 12.8 Å². The molecule has 1 fully saturated rings. The molecule has 3 N–H and O–H groups in total. The molecule has 1 aliphatic rings. The van der Waals surface area contributed by atoms with Gasteiger partial charge in [-0.05, 0) is 47.0 Å². The van der Waals surface area contributed by atoms with Crippen molar-refractivity contribution in [2.24, 2.45) is 5.92 Å². The topological polar surface area (TPSA) is 55.1 Å². The number of halogens is 1. The zero-order chi connectivity index (χ0) is 10.1. The van der Waals surface area contributed by atoms with Crippen LogP contribution in [0.2, 0.25) is 0 Å². The Morgan fingerprint density at radius 3 is 2.79 bits per heavy atom. The van der Waals surface area contributed by atoms with Gasteiger partial charge in [0.25, 0.3) is 0 Å². The van der Waals surface area contributed by atoms with E-state index in [1.807, 2.05) is 12.1 Å². The Morgan fingerprint density at radius 2 is 2.21 bits per heavy atom. The first-order valence-electron chi connectivity index (χ1n) is 4.52. The van der Waals surface area contributed by atoms with E-state index in [0.717, 1.165) is 23.0 Å². The van der Waals surface area contributed by atoms with Crippen LogP contribution in [0.3, 0.4) is 0 Å². The van der Waals surface area contributed by atoms with Gasteiger partial charge in [0.1, 0.15) is 0 Å². The lowest BCUT2D eigenvalue weighted by atomic mass is 10.2. The first kappa shape index (κ1) is 9.52. The van der Waals surface area contributed by atoms with E-state index in [0.29, 0.717) is 5.69 Å². The Kier molecular flexibility index (Phi) is 2.46. The molecule has 2 rings (SSSR count). The van der Waals surface area contributed by atoms with E-state index in [-0.39, 0.29) is 11.8 Å². The molecule has 0 aromatic heterocycles. The minimum Gasteiger partial charge on any atom is -0.398 e. The van der Waals surface area contributed by atoms with Gasteiger partial charge in [-0.2, -0.15) is 0 Å². The van der Waals surface area contributed by atoms with E-state index in [9.17, 15) is 4.79 Å². The Hall–Kier alpha value is -1.03. The first-order valence-corrected chi connectivity index (χ1v) is 5.32. The SMILES string of the molecule is Nc1cc(NC(=O)C2CC2)ccc1Br. The van der Waals surface area contributed by atoms with E-state index in [1.54, 1.807) is 6.07 Å². The maximum Gasteiger partial charge on any atom is 0.227 e. The number of nitrogens with two attached hydrogens (primary N) is 1. The number of anilines is 2. The predicted octanol–water partition coefficient (Wildman–Crippen LogP) is 2.38. The van der Waals surface area contributed by atoms with Gasteiger partial charge < -0.3 is 11.1 Å². The third kappa shape index (κ3) is 2.07. The second kappa shape index (κ2) is 3.61. The summed E-state index contributed by atoms with van der Waals surface area (Å²) in [6.45, 7) is 0. The molecule has 0 bridgehead atoms. The van der Waals surface area contributed by atoms with Gasteiger partial charge in [0.05, 0.1) is 0 Å². The molecule has 1 aromatic rings. The summed E-state index contributed by atoms with van der Waals surface area (Å²) in [7, 11) is 0. The van der Waals surface area contributed by atoms with Gasteiger partial charge in [0, 0.05) is 21.8 Å². The third-order valence-corrected chi connectivity index (χ3v) is 2.93. The Balaban J connectivity index is 2.08. The lowest BCUT2D eigenvalue weighted by Gasteiger charge is -2.05. The first-order chi connectivity index (χ1) is 6.66. The highest BCUT2D eigenvalue weighted by Crippen LogP contribution is 2.31. The highest BCUT2D eigenvalue weighted by molar-refractivity contribution is 9.10. The number of benzene rings is 1. The molecule has 1 aliphatic carbocycles. The van der Waals surface area contributed by atoms with E-state index in [2.05, 4.69) is 21.2 Å². The van der Waals surface area contributed by atoms with Crippen LogP contribution in [0.5, 0.6) is 0 Å². The van der Waals surface area contributed by atoms with Crippen molar-refractivity contribution >= 4 is 33.2 Å². The van der Waals surface area contributed by atoms with E-state index in [1.165, 1.54) is 0 Å². The lowest BCUT2D eigenvalue weighted by molar-refractivity contribution is -0.117. The zero-order valence-corrected chi connectivity index (χ0v) is 9.17. The molecular formula is C10H11BrN2O. The molecule has 0 unspecified atom stereocenters. The molecule has 3 nitrogen and oxygen atoms in total. The van der Waals surface area contributed by atoms with Gasteiger partial charge in [-0.3, -0.25) is 4.79 Å². The maximum atomic E-state index is 11.4. The van der Waals surface area contributed by atoms with E-state index >= 15 is 0 Å². The number of carbonyl (C=O) groups excluding carboxylic acids is 1. The van der Waals surface area contributed by atoms with Crippen molar-refractivity contribution in [3.05, 3.63) is 22.7 Å². The van der Waals surface area contributed by atoms with Gasteiger partial charge >= 0.3 is 0 Å². The van der Waals surface area contributed by atoms with Crippen molar-refractivity contribution < 1.29 is 4.79 Å². The fourth-order valence-electron chi connectivity index (χ4n) is 1.21. The average Bonchev–Trinajstić information content (AvgIpc) is 2.94. The average molecular weight is 255 g/mol. The van der Waals surface area contributed by atoms with Crippen LogP contribution in [0.1, 0.15) is 12.8 Å². The molecule has 4 heteroatoms. The summed E-state index contributed by atoms with van der Waals surface area (Å²) in [5, 5.41) is 2.83. The van der Waals surface area contributed by atoms with Gasteiger partial charge in [-0.1, -0.05) is 0 Å². The van der Waals surface area contributed by atoms with Crippen LogP contribution < -0.4 is 11.1 Å². The van der Waals surface area contributed by atoms with Crippen LogP contribution in [-0.4, -0.2) is 5.91 Å². The van der Waals surface area contributed by atoms with Crippen LogP contribution in [-0.2, 0) is 4.79 Å². The lowest BCUT2D eigenvalue weighted by Crippen LogP contribution is -2.13. The van der Waals surface area contributed by atoms with Crippen molar-refractivity contribution in [1.29, 1.82) is 0 Å². The Morgan fingerprint density at radius 1 is 1.50 bits per heavy atom. The Labute approximate surface area is 90.8 Å². The molecule has 14 heavy (non-hydrogen) atoms. The van der Waals surface area contributed by atoms with Crippen LogP contribution in [0.25, 0.3) is 0 Å². The smallest absolute Gasteiger partial charge is 0.227 e. The van der Waals surface area contributed by atoms with Crippen molar-refractivity contribution in [2.75, 3.05) is 11.1 Å². The standard InChI is InChI=1S/C10H11BrN2O/c11-8-4-3-7(5-9(8)12)13-10(14)6-1-2-6/h3-6H,1-2,12H2,(H,13,14). The summed E-state index contributed by atoms with van der Waals surface area (Å²) in [6, 6.07) is 5.42. The van der Waals surface area contributed by atoms with Gasteiger partial charge in [0.15, 0.2) is 0 Å². The van der Waals surface area contributed by atoms with E-state index < -0.39 is 0 Å². The highest BCUT2D eigenvalue weighted by atomic mass is 79.9. The zero-order valence-electron chi connectivity index (χ0n) is 7.59. The quantitative estimate of drug-likeness (QED) is 0.797. The van der Waals surface area contributed by atoms with Gasteiger partial charge in [-0.25, -0.2) is 0 Å². The summed E-state index contributed by atoms with van der Waals surface area (Å²) in [4.78, 5) is 11.4. The molecule has 0 radical (unpaired) electrons. The minimum absolute atomic E-state index is 0.103. The molecule has 1 aromatic carbocycles. The van der Waals surface area contributed by atoms with Crippen LogP contribution in [0, 0.1) is 5.92 Å². The number of rotatable bonds is 2. The number of carbonyl (C=O) groups is 1. The van der Waals surface area contributed by atoms with Crippen molar-refractivity contribution in [1.82, 2.24) is 0 Å². The van der Waals surface area contributed by atoms with Crippen molar-refractivity contribution in [3.63, 3.8) is 0 Å². The molecule has 0 heterocycles. The number of nitrogen functional groups attached to an aromatic ring is 1. The molecule has 0 atom stereocenters. The van der Waals surface area contributed by atoms with Crippen LogP contribution >= 0.6 is 15.9 Å². The monoisotopic (exact) mass is 254 g/mol. The molecule has 0 saturated heterocycles. The summed E-state index contributed by atoms with van der Waals surface area (Å²) >= 11 is 3.30. The molecule has 1 saturated carbocycles. The number of hydrogen-bond acceptors (Lipinski definition) is 2. The van der Waals surface area contributed by atoms with Crippen molar-refractivity contribution in [3.8, 4) is 0 Å². The summed E-state index contributed by atoms with van der Waals surface area (Å²) < 4.78 is 0.849. The summed E-state index contributed by atoms with van der Waals surface area (Å²) in [5.41, 5.74) is 7.09. The minimum atomic E-state index is 0.103. The largest absolute Gasteiger partial charge is 0.398 e. The van der Waals surface area contributed by atoms with Gasteiger partial charge in [-0.15, -0.1) is 0 Å². The maximum absolute atomic E-state index is 11.4. The third-order valence-electron chi connectivity index (χ3n) is 2.21. The number of hydrogen-bond donors (Lipinski definition) is 2. The second-order valence-electron chi connectivity index (χ2n) is 3.50. The van der Waals surface area contributed by atoms with E-state index in [4.69, 9.17) is 5.73 Å². The molecule has 0 spiro atoms. The molecular weight excluding hydrogens is 244 g/mol. The van der Waals surface area contributed by atoms with Crippen LogP contribution in [0.15, 0.2) is 22.7 Å². The fraction of sp³-hybridized carbons (Fsp3) is 0.300. The highest BCUT2D eigenvalue weighted by Gasteiger charge is 2.29. The second-order valence-corrected chi connectivity index (χ2v) is 4.35. The molecule has 74 valence electrons. The predicted molar refractivity (Wildman–Crippen MR) is 59.9 cm³/mol.